The molecule has 0 unspecified atom stereocenters. The molecule has 0 radical (unpaired) electrons. The van der Waals surface area contributed by atoms with Crippen LogP contribution in [0, 0.1) is 0 Å². The third-order valence-electron chi connectivity index (χ3n) is 2.49. The number of allylic oxidation sites excluding steroid dienone is 1. The van der Waals surface area contributed by atoms with Gasteiger partial charge in [-0.25, -0.2) is 4.79 Å². The van der Waals surface area contributed by atoms with Crippen molar-refractivity contribution >= 4 is 43.7 Å². The molecule has 1 atom stereocenters. The van der Waals surface area contributed by atoms with Crippen molar-refractivity contribution in [2.24, 2.45) is 0 Å². The Morgan fingerprint density at radius 1 is 1.25 bits per heavy atom. The molecule has 0 aliphatic carbocycles. The summed E-state index contributed by atoms with van der Waals surface area (Å²) in [4.78, 5) is 23.2. The number of nitrogens with one attached hydrogen (secondary N) is 1. The summed E-state index contributed by atoms with van der Waals surface area (Å²) in [5.74, 6) is -1.47. The van der Waals surface area contributed by atoms with Gasteiger partial charge in [-0.15, -0.1) is 0 Å². The predicted molar refractivity (Wildman–Crippen MR) is 84.8 cm³/mol. The van der Waals surface area contributed by atoms with E-state index in [1.54, 1.807) is 24.3 Å². The molecule has 4 nitrogen and oxygen atoms in total. The van der Waals surface area contributed by atoms with Crippen LogP contribution < -0.4 is 5.32 Å². The molecule has 0 heterocycles. The van der Waals surface area contributed by atoms with Crippen molar-refractivity contribution in [2.45, 2.75) is 26.3 Å². The highest BCUT2D eigenvalue weighted by Crippen LogP contribution is 2.20. The van der Waals surface area contributed by atoms with Crippen LogP contribution in [0.5, 0.6) is 0 Å². The van der Waals surface area contributed by atoms with Gasteiger partial charge >= 0.3 is 5.97 Å². The van der Waals surface area contributed by atoms with Crippen molar-refractivity contribution in [2.75, 3.05) is 0 Å². The SMILES string of the molecule is CC(C)=CC[C@@H](NC(=O)c1cc(Br)cc(Br)c1)C(=O)O. The van der Waals surface area contributed by atoms with Gasteiger partial charge in [-0.1, -0.05) is 43.5 Å². The maximum atomic E-state index is 12.1. The van der Waals surface area contributed by atoms with E-state index in [1.165, 1.54) is 0 Å². The van der Waals surface area contributed by atoms with E-state index in [4.69, 9.17) is 5.11 Å². The summed E-state index contributed by atoms with van der Waals surface area (Å²) in [5, 5.41) is 11.6. The van der Waals surface area contributed by atoms with Crippen LogP contribution in [0.4, 0.5) is 0 Å². The van der Waals surface area contributed by atoms with E-state index < -0.39 is 17.9 Å². The van der Waals surface area contributed by atoms with Gasteiger partial charge in [-0.3, -0.25) is 4.79 Å². The lowest BCUT2D eigenvalue weighted by Gasteiger charge is -2.13. The van der Waals surface area contributed by atoms with Crippen LogP contribution in [0.1, 0.15) is 30.6 Å². The zero-order valence-corrected chi connectivity index (χ0v) is 14.3. The van der Waals surface area contributed by atoms with Crippen LogP contribution in [0.2, 0.25) is 0 Å². The van der Waals surface area contributed by atoms with Crippen molar-refractivity contribution < 1.29 is 14.7 Å². The number of carbonyl (C=O) groups is 2. The van der Waals surface area contributed by atoms with Crippen molar-refractivity contribution in [1.29, 1.82) is 0 Å². The van der Waals surface area contributed by atoms with Crippen LogP contribution in [-0.4, -0.2) is 23.0 Å². The molecule has 0 aliphatic rings. The molecule has 1 aromatic rings. The first-order chi connectivity index (χ1) is 9.29. The standard InChI is InChI=1S/C14H15Br2NO3/c1-8(2)3-4-12(14(19)20)17-13(18)9-5-10(15)7-11(16)6-9/h3,5-7,12H,4H2,1-2H3,(H,17,18)(H,19,20)/t12-/m1/s1. The van der Waals surface area contributed by atoms with Crippen molar-refractivity contribution in [1.82, 2.24) is 5.32 Å². The van der Waals surface area contributed by atoms with Gasteiger partial charge < -0.3 is 10.4 Å². The Morgan fingerprint density at radius 2 is 1.80 bits per heavy atom. The number of aliphatic carboxylic acids is 1. The molecule has 1 rings (SSSR count). The number of benzene rings is 1. The molecule has 1 aromatic carbocycles. The number of carboxylic acids is 1. The van der Waals surface area contributed by atoms with E-state index in [0.717, 1.165) is 14.5 Å². The van der Waals surface area contributed by atoms with Gasteiger partial charge in [0.15, 0.2) is 0 Å². The predicted octanol–water partition coefficient (Wildman–Crippen LogP) is 3.75. The molecule has 0 bridgehead atoms. The minimum absolute atomic E-state index is 0.262. The number of amides is 1. The smallest absolute Gasteiger partial charge is 0.326 e. The molecule has 20 heavy (non-hydrogen) atoms. The molecule has 1 amide bonds. The molecule has 0 spiro atoms. The Balaban J connectivity index is 2.85. The first-order valence-corrected chi connectivity index (χ1v) is 7.51. The van der Waals surface area contributed by atoms with Gasteiger partial charge in [0.2, 0.25) is 0 Å². The van der Waals surface area contributed by atoms with E-state index in [-0.39, 0.29) is 6.42 Å². The number of carbonyl (C=O) groups excluding carboxylic acids is 1. The van der Waals surface area contributed by atoms with Crippen LogP contribution >= 0.6 is 31.9 Å². The minimum atomic E-state index is -1.05. The number of hydrogen-bond donors (Lipinski definition) is 2. The molecule has 0 aliphatic heterocycles. The van der Waals surface area contributed by atoms with Crippen molar-refractivity contribution in [3.8, 4) is 0 Å². The maximum Gasteiger partial charge on any atom is 0.326 e. The number of carboxylic acid groups (broad SMARTS) is 1. The molecule has 2 N–H and O–H groups in total. The summed E-state index contributed by atoms with van der Waals surface area (Å²) in [6, 6.07) is 4.14. The first-order valence-electron chi connectivity index (χ1n) is 5.92. The summed E-state index contributed by atoms with van der Waals surface area (Å²) in [7, 11) is 0. The van der Waals surface area contributed by atoms with Crippen LogP contribution in [0.3, 0.4) is 0 Å². The fraction of sp³-hybridized carbons (Fsp3) is 0.286. The monoisotopic (exact) mass is 403 g/mol. The molecule has 0 saturated heterocycles. The molecule has 0 saturated carbocycles. The molecule has 6 heteroatoms. The summed E-state index contributed by atoms with van der Waals surface area (Å²) in [6.45, 7) is 3.76. The van der Waals surface area contributed by atoms with E-state index in [2.05, 4.69) is 37.2 Å². The van der Waals surface area contributed by atoms with E-state index in [0.29, 0.717) is 5.56 Å². The molecule has 0 fully saturated rings. The van der Waals surface area contributed by atoms with Gasteiger partial charge in [0, 0.05) is 14.5 Å². The van der Waals surface area contributed by atoms with E-state index in [1.807, 2.05) is 13.8 Å². The molecule has 108 valence electrons. The largest absolute Gasteiger partial charge is 0.480 e. The highest BCUT2D eigenvalue weighted by molar-refractivity contribution is 9.11. The summed E-state index contributed by atoms with van der Waals surface area (Å²) in [6.07, 6.45) is 2.05. The Hall–Kier alpha value is -1.14. The number of halogens is 2. The van der Waals surface area contributed by atoms with Crippen LogP contribution in [0.15, 0.2) is 38.8 Å². The average Bonchev–Trinajstić information content (AvgIpc) is 2.32. The van der Waals surface area contributed by atoms with Gasteiger partial charge in [-0.2, -0.15) is 0 Å². The third kappa shape index (κ3) is 5.46. The fourth-order valence-corrected chi connectivity index (χ4v) is 2.80. The lowest BCUT2D eigenvalue weighted by Crippen LogP contribution is -2.40. The second-order valence-corrected chi connectivity index (χ2v) is 6.37. The minimum Gasteiger partial charge on any atom is -0.480 e. The summed E-state index contributed by atoms with van der Waals surface area (Å²) in [5.41, 5.74) is 1.41. The van der Waals surface area contributed by atoms with Gasteiger partial charge in [-0.05, 0) is 38.5 Å². The number of hydrogen-bond acceptors (Lipinski definition) is 2. The Morgan fingerprint density at radius 3 is 2.25 bits per heavy atom. The van der Waals surface area contributed by atoms with Gasteiger partial charge in [0.1, 0.15) is 6.04 Å². The quantitative estimate of drug-likeness (QED) is 0.734. The molecular weight excluding hydrogens is 390 g/mol. The van der Waals surface area contributed by atoms with Crippen molar-refractivity contribution in [3.05, 3.63) is 44.4 Å². The molecular formula is C14H15Br2NO3. The topological polar surface area (TPSA) is 66.4 Å². The van der Waals surface area contributed by atoms with Gasteiger partial charge in [0.05, 0.1) is 0 Å². The lowest BCUT2D eigenvalue weighted by atomic mass is 10.1. The maximum absolute atomic E-state index is 12.1. The Bertz CT molecular complexity index is 531. The third-order valence-corrected chi connectivity index (χ3v) is 3.41. The van der Waals surface area contributed by atoms with Crippen LogP contribution in [0.25, 0.3) is 0 Å². The highest BCUT2D eigenvalue weighted by Gasteiger charge is 2.19. The van der Waals surface area contributed by atoms with Crippen LogP contribution in [-0.2, 0) is 4.79 Å². The Kier molecular flexibility index (Phi) is 6.42. The first kappa shape index (κ1) is 16.9. The second-order valence-electron chi connectivity index (χ2n) is 4.54. The Labute approximate surface area is 134 Å². The lowest BCUT2D eigenvalue weighted by molar-refractivity contribution is -0.139. The normalized spacial score (nSPS) is 11.6. The molecule has 0 aromatic heterocycles. The zero-order chi connectivity index (χ0) is 15.3. The second kappa shape index (κ2) is 7.59. The highest BCUT2D eigenvalue weighted by atomic mass is 79.9. The number of rotatable bonds is 5. The van der Waals surface area contributed by atoms with Crippen molar-refractivity contribution in [3.63, 3.8) is 0 Å². The zero-order valence-electron chi connectivity index (χ0n) is 11.1. The fourth-order valence-electron chi connectivity index (χ4n) is 1.50. The van der Waals surface area contributed by atoms with Gasteiger partial charge in [0.25, 0.3) is 5.91 Å². The van der Waals surface area contributed by atoms with E-state index >= 15 is 0 Å². The summed E-state index contributed by atoms with van der Waals surface area (Å²) >= 11 is 6.58. The van der Waals surface area contributed by atoms with E-state index in [9.17, 15) is 9.59 Å². The average molecular weight is 405 g/mol. The summed E-state index contributed by atoms with van der Waals surface area (Å²) < 4.78 is 1.49.